The standard InChI is InChI=1S/C16H20N2.ClH/c1-2-8-16-14(5-1)6-3-7-15(16)13-18-11-4-9-17-10-12-18;/h1-3,5-8,17H,4,9-13H2;1H. The van der Waals surface area contributed by atoms with Gasteiger partial charge in [0, 0.05) is 19.6 Å². The van der Waals surface area contributed by atoms with Crippen molar-refractivity contribution in [2.24, 2.45) is 0 Å². The average molecular weight is 277 g/mol. The third-order valence-corrected chi connectivity index (χ3v) is 3.71. The molecule has 0 bridgehead atoms. The van der Waals surface area contributed by atoms with Gasteiger partial charge >= 0.3 is 0 Å². The van der Waals surface area contributed by atoms with Crippen LogP contribution in [0.2, 0.25) is 0 Å². The van der Waals surface area contributed by atoms with Crippen molar-refractivity contribution in [3.05, 3.63) is 48.0 Å². The molecule has 1 heterocycles. The summed E-state index contributed by atoms with van der Waals surface area (Å²) in [5.74, 6) is 0. The summed E-state index contributed by atoms with van der Waals surface area (Å²) in [6, 6.07) is 15.3. The zero-order chi connectivity index (χ0) is 12.2. The first-order valence-electron chi connectivity index (χ1n) is 6.83. The Bertz CT molecular complexity index is 514. The molecule has 3 rings (SSSR count). The van der Waals surface area contributed by atoms with E-state index in [1.807, 2.05) is 0 Å². The van der Waals surface area contributed by atoms with Crippen LogP contribution in [-0.2, 0) is 6.54 Å². The molecule has 19 heavy (non-hydrogen) atoms. The van der Waals surface area contributed by atoms with Gasteiger partial charge < -0.3 is 5.32 Å². The summed E-state index contributed by atoms with van der Waals surface area (Å²) in [4.78, 5) is 2.56. The molecule has 1 saturated heterocycles. The Kier molecular flexibility index (Phi) is 5.20. The molecule has 1 aliphatic heterocycles. The summed E-state index contributed by atoms with van der Waals surface area (Å²) in [6.07, 6.45) is 1.25. The van der Waals surface area contributed by atoms with Crippen LogP contribution in [0.5, 0.6) is 0 Å². The molecule has 0 unspecified atom stereocenters. The fourth-order valence-corrected chi connectivity index (χ4v) is 2.73. The van der Waals surface area contributed by atoms with Gasteiger partial charge in [0.05, 0.1) is 0 Å². The molecule has 0 atom stereocenters. The van der Waals surface area contributed by atoms with Crippen molar-refractivity contribution in [2.45, 2.75) is 13.0 Å². The number of halogens is 1. The number of nitrogens with zero attached hydrogens (tertiary/aromatic N) is 1. The number of rotatable bonds is 2. The van der Waals surface area contributed by atoms with Gasteiger partial charge in [-0.15, -0.1) is 12.4 Å². The highest BCUT2D eigenvalue weighted by molar-refractivity contribution is 5.85. The quantitative estimate of drug-likeness (QED) is 0.907. The molecule has 1 fully saturated rings. The summed E-state index contributed by atoms with van der Waals surface area (Å²) in [5, 5.41) is 6.21. The number of hydrogen-bond donors (Lipinski definition) is 1. The zero-order valence-corrected chi connectivity index (χ0v) is 12.0. The third-order valence-electron chi connectivity index (χ3n) is 3.71. The lowest BCUT2D eigenvalue weighted by Crippen LogP contribution is -2.27. The second-order valence-corrected chi connectivity index (χ2v) is 5.02. The molecule has 0 saturated carbocycles. The Labute approximate surface area is 121 Å². The Hall–Kier alpha value is -1.09. The summed E-state index contributed by atoms with van der Waals surface area (Å²) in [6.45, 7) is 5.71. The molecular formula is C16H21ClN2. The van der Waals surface area contributed by atoms with Crippen LogP contribution in [0.1, 0.15) is 12.0 Å². The minimum atomic E-state index is 0. The first kappa shape index (κ1) is 14.3. The molecule has 2 nitrogen and oxygen atoms in total. The molecule has 3 heteroatoms. The Balaban J connectivity index is 0.00000133. The van der Waals surface area contributed by atoms with E-state index in [0.29, 0.717) is 0 Å². The SMILES string of the molecule is Cl.c1ccc2c(CN3CCCNCC3)cccc2c1. The van der Waals surface area contributed by atoms with Gasteiger partial charge in [-0.3, -0.25) is 4.90 Å². The third kappa shape index (κ3) is 3.47. The van der Waals surface area contributed by atoms with Crippen LogP contribution in [0, 0.1) is 0 Å². The maximum absolute atomic E-state index is 3.46. The zero-order valence-electron chi connectivity index (χ0n) is 11.1. The van der Waals surface area contributed by atoms with Crippen LogP contribution in [0.3, 0.4) is 0 Å². The highest BCUT2D eigenvalue weighted by Crippen LogP contribution is 2.20. The average Bonchev–Trinajstić information content (AvgIpc) is 2.68. The molecule has 0 radical (unpaired) electrons. The number of benzene rings is 2. The molecule has 0 amide bonds. The summed E-state index contributed by atoms with van der Waals surface area (Å²) in [5.41, 5.74) is 1.45. The van der Waals surface area contributed by atoms with E-state index in [1.54, 1.807) is 0 Å². The van der Waals surface area contributed by atoms with Crippen LogP contribution < -0.4 is 5.32 Å². The lowest BCUT2D eigenvalue weighted by Gasteiger charge is -2.20. The highest BCUT2D eigenvalue weighted by atomic mass is 35.5. The van der Waals surface area contributed by atoms with Crippen molar-refractivity contribution in [3.8, 4) is 0 Å². The summed E-state index contributed by atoms with van der Waals surface area (Å²) in [7, 11) is 0. The first-order valence-corrected chi connectivity index (χ1v) is 6.83. The normalized spacial score (nSPS) is 16.8. The van der Waals surface area contributed by atoms with Gasteiger partial charge in [-0.05, 0) is 35.8 Å². The Morgan fingerprint density at radius 2 is 1.79 bits per heavy atom. The smallest absolute Gasteiger partial charge is 0.0240 e. The maximum atomic E-state index is 3.46. The molecule has 2 aromatic carbocycles. The van der Waals surface area contributed by atoms with Crippen molar-refractivity contribution in [1.82, 2.24) is 10.2 Å². The predicted octanol–water partition coefficient (Wildman–Crippen LogP) is 3.06. The summed E-state index contributed by atoms with van der Waals surface area (Å²) >= 11 is 0. The molecule has 102 valence electrons. The van der Waals surface area contributed by atoms with E-state index in [1.165, 1.54) is 29.3 Å². The molecule has 2 aromatic rings. The van der Waals surface area contributed by atoms with Crippen molar-refractivity contribution >= 4 is 23.2 Å². The molecule has 1 N–H and O–H groups in total. The van der Waals surface area contributed by atoms with Gasteiger partial charge in [0.15, 0.2) is 0 Å². The molecule has 0 aromatic heterocycles. The van der Waals surface area contributed by atoms with Crippen molar-refractivity contribution in [3.63, 3.8) is 0 Å². The predicted molar refractivity (Wildman–Crippen MR) is 84.0 cm³/mol. The van der Waals surface area contributed by atoms with Crippen LogP contribution in [-0.4, -0.2) is 31.1 Å². The highest BCUT2D eigenvalue weighted by Gasteiger charge is 2.10. The monoisotopic (exact) mass is 276 g/mol. The maximum Gasteiger partial charge on any atom is 0.0240 e. The number of nitrogens with one attached hydrogen (secondary N) is 1. The van der Waals surface area contributed by atoms with E-state index < -0.39 is 0 Å². The fraction of sp³-hybridized carbons (Fsp3) is 0.375. The van der Waals surface area contributed by atoms with Gasteiger partial charge in [0.2, 0.25) is 0 Å². The van der Waals surface area contributed by atoms with E-state index in [0.717, 1.165) is 26.2 Å². The van der Waals surface area contributed by atoms with Crippen molar-refractivity contribution in [2.75, 3.05) is 26.2 Å². The second-order valence-electron chi connectivity index (χ2n) is 5.02. The van der Waals surface area contributed by atoms with Gasteiger partial charge in [-0.25, -0.2) is 0 Å². The molecule has 0 aliphatic carbocycles. The van der Waals surface area contributed by atoms with Crippen molar-refractivity contribution in [1.29, 1.82) is 0 Å². The Morgan fingerprint density at radius 3 is 2.74 bits per heavy atom. The number of fused-ring (bicyclic) bond motifs is 1. The molecule has 1 aliphatic rings. The lowest BCUT2D eigenvalue weighted by molar-refractivity contribution is 0.285. The first-order chi connectivity index (χ1) is 8.93. The van der Waals surface area contributed by atoms with E-state index in [4.69, 9.17) is 0 Å². The van der Waals surface area contributed by atoms with Gasteiger partial charge in [-0.1, -0.05) is 42.5 Å². The van der Waals surface area contributed by atoms with Crippen molar-refractivity contribution < 1.29 is 0 Å². The van der Waals surface area contributed by atoms with Crippen LogP contribution in [0.25, 0.3) is 10.8 Å². The molecular weight excluding hydrogens is 256 g/mol. The van der Waals surface area contributed by atoms with E-state index >= 15 is 0 Å². The largest absolute Gasteiger partial charge is 0.315 e. The Morgan fingerprint density at radius 1 is 0.947 bits per heavy atom. The lowest BCUT2D eigenvalue weighted by atomic mass is 10.0. The van der Waals surface area contributed by atoms with Crippen LogP contribution >= 0.6 is 12.4 Å². The second kappa shape index (κ2) is 6.90. The van der Waals surface area contributed by atoms with Gasteiger partial charge in [-0.2, -0.15) is 0 Å². The van der Waals surface area contributed by atoms with E-state index in [2.05, 4.69) is 52.7 Å². The fourth-order valence-electron chi connectivity index (χ4n) is 2.73. The van der Waals surface area contributed by atoms with Crippen LogP contribution in [0.4, 0.5) is 0 Å². The number of hydrogen-bond acceptors (Lipinski definition) is 2. The topological polar surface area (TPSA) is 15.3 Å². The minimum absolute atomic E-state index is 0. The summed E-state index contributed by atoms with van der Waals surface area (Å²) < 4.78 is 0. The van der Waals surface area contributed by atoms with Gasteiger partial charge in [0.1, 0.15) is 0 Å². The van der Waals surface area contributed by atoms with Crippen LogP contribution in [0.15, 0.2) is 42.5 Å². The molecule has 0 spiro atoms. The van der Waals surface area contributed by atoms with E-state index in [-0.39, 0.29) is 12.4 Å². The van der Waals surface area contributed by atoms with Gasteiger partial charge in [0.25, 0.3) is 0 Å². The van der Waals surface area contributed by atoms with E-state index in [9.17, 15) is 0 Å². The minimum Gasteiger partial charge on any atom is -0.315 e.